The number of halogens is 6. The largest absolute Gasteiger partial charge is 0.491 e. The summed E-state index contributed by atoms with van der Waals surface area (Å²) in [6.07, 6.45) is -11.3. The highest BCUT2D eigenvalue weighted by molar-refractivity contribution is 5.52. The van der Waals surface area contributed by atoms with Gasteiger partial charge in [0.1, 0.15) is 0 Å². The van der Waals surface area contributed by atoms with Crippen molar-refractivity contribution in [1.82, 2.24) is 0 Å². The van der Waals surface area contributed by atoms with Crippen LogP contribution in [0.3, 0.4) is 0 Å². The Hall–Kier alpha value is -2.00. The third-order valence-electron chi connectivity index (χ3n) is 1.83. The summed E-state index contributed by atoms with van der Waals surface area (Å²) in [5.74, 6) is 0. The summed E-state index contributed by atoms with van der Waals surface area (Å²) in [7, 11) is 0. The lowest BCUT2D eigenvalue weighted by Gasteiger charge is -2.28. The summed E-state index contributed by atoms with van der Waals surface area (Å²) < 4.78 is 73.4. The molecule has 4 nitrogen and oxygen atoms in total. The lowest BCUT2D eigenvalue weighted by molar-refractivity contribution is -0.384. The van der Waals surface area contributed by atoms with E-state index in [1.165, 1.54) is 0 Å². The molecule has 0 unspecified atom stereocenters. The number of rotatable bonds is 2. The Morgan fingerprint density at radius 3 is 1.61 bits per heavy atom. The maximum Gasteiger partial charge on any atom is 0.491 e. The Kier molecular flexibility index (Phi) is 3.40. The first-order valence-electron chi connectivity index (χ1n) is 4.21. The van der Waals surface area contributed by atoms with E-state index in [1.807, 2.05) is 0 Å². The van der Waals surface area contributed by atoms with Gasteiger partial charge in [0, 0.05) is 12.1 Å². The first-order valence-corrected chi connectivity index (χ1v) is 4.21. The van der Waals surface area contributed by atoms with Crippen LogP contribution in [0.25, 0.3) is 0 Å². The first kappa shape index (κ1) is 14.1. The predicted octanol–water partition coefficient (Wildman–Crippen LogP) is 3.44. The highest BCUT2D eigenvalue weighted by atomic mass is 19.4. The molecule has 0 aliphatic carbocycles. The molecule has 1 rings (SSSR count). The van der Waals surface area contributed by atoms with E-state index >= 15 is 0 Å². The monoisotopic (exact) mass is 274 g/mol. The van der Waals surface area contributed by atoms with Crippen molar-refractivity contribution < 1.29 is 31.3 Å². The molecule has 0 fully saturated rings. The molecule has 100 valence electrons. The minimum Gasteiger partial charge on any atom is -0.258 e. The van der Waals surface area contributed by atoms with E-state index in [9.17, 15) is 36.5 Å². The van der Waals surface area contributed by atoms with Crippen LogP contribution >= 0.6 is 0 Å². The Balaban J connectivity index is 3.20. The Morgan fingerprint density at radius 2 is 1.33 bits per heavy atom. The van der Waals surface area contributed by atoms with E-state index in [1.54, 1.807) is 0 Å². The van der Waals surface area contributed by atoms with Crippen LogP contribution in [0.5, 0.6) is 0 Å². The average Bonchev–Trinajstić information content (AvgIpc) is 2.13. The van der Waals surface area contributed by atoms with Crippen molar-refractivity contribution in [2.24, 2.45) is 0 Å². The highest BCUT2D eigenvalue weighted by Crippen LogP contribution is 2.38. The average molecular weight is 274 g/mol. The zero-order chi connectivity index (χ0) is 14.1. The Labute approximate surface area is 95.6 Å². The number of non-ortho nitro benzene ring substituents is 1. The van der Waals surface area contributed by atoms with Gasteiger partial charge in [0.15, 0.2) is 0 Å². The van der Waals surface area contributed by atoms with Gasteiger partial charge in [-0.3, -0.25) is 10.1 Å². The number of benzene rings is 1. The third-order valence-corrected chi connectivity index (χ3v) is 1.83. The molecule has 0 aliphatic rings. The molecular formula is C8H4F6N2O2. The van der Waals surface area contributed by atoms with Crippen LogP contribution in [0.1, 0.15) is 0 Å². The number of anilines is 1. The zero-order valence-corrected chi connectivity index (χ0v) is 8.29. The summed E-state index contributed by atoms with van der Waals surface area (Å²) in [6.45, 7) is 0. The fourth-order valence-electron chi connectivity index (χ4n) is 1.16. The van der Waals surface area contributed by atoms with Gasteiger partial charge in [0.25, 0.3) is 5.69 Å². The Morgan fingerprint density at radius 1 is 0.944 bits per heavy atom. The lowest BCUT2D eigenvalue weighted by atomic mass is 10.2. The van der Waals surface area contributed by atoms with Crippen molar-refractivity contribution in [3.8, 4) is 0 Å². The summed E-state index contributed by atoms with van der Waals surface area (Å²) in [6, 6.07) is 1.86. The van der Waals surface area contributed by atoms with Crippen molar-refractivity contribution in [2.45, 2.75) is 12.6 Å². The van der Waals surface area contributed by atoms with Gasteiger partial charge >= 0.3 is 12.6 Å². The maximum atomic E-state index is 12.2. The van der Waals surface area contributed by atoms with Crippen molar-refractivity contribution in [3.05, 3.63) is 34.4 Å². The highest BCUT2D eigenvalue weighted by Gasteiger charge is 2.53. The molecule has 10 heteroatoms. The fourth-order valence-corrected chi connectivity index (χ4v) is 1.16. The van der Waals surface area contributed by atoms with E-state index in [0.717, 1.165) is 0 Å². The van der Waals surface area contributed by atoms with Gasteiger partial charge in [0.05, 0.1) is 10.6 Å². The maximum absolute atomic E-state index is 12.2. The summed E-state index contributed by atoms with van der Waals surface area (Å²) in [5.41, 5.74) is -1.86. The fraction of sp³-hybridized carbons (Fsp3) is 0.250. The molecule has 0 aromatic heterocycles. The number of nitro benzene ring substituents is 1. The van der Waals surface area contributed by atoms with Crippen LogP contribution in [0.4, 0.5) is 37.7 Å². The van der Waals surface area contributed by atoms with Crippen LogP contribution in [-0.2, 0) is 0 Å². The van der Waals surface area contributed by atoms with Gasteiger partial charge in [-0.25, -0.2) is 0 Å². The molecule has 1 aromatic rings. The Bertz CT molecular complexity index is 424. The number of alkyl halides is 6. The lowest BCUT2D eigenvalue weighted by Crippen LogP contribution is -2.48. The quantitative estimate of drug-likeness (QED) is 0.359. The molecule has 0 spiro atoms. The standard InChI is InChI=1S/C8H4F6N2O2/c9-7(10,11)15(8(12,13)14)5-1-3-6(4-2-5)16(17)18/h1-4H. The van der Waals surface area contributed by atoms with Gasteiger partial charge in [-0.05, 0) is 12.1 Å². The third kappa shape index (κ3) is 3.02. The first-order chi connectivity index (χ1) is 8.03. The van der Waals surface area contributed by atoms with Crippen LogP contribution < -0.4 is 4.90 Å². The zero-order valence-electron chi connectivity index (χ0n) is 8.29. The van der Waals surface area contributed by atoms with Crippen LogP contribution in [0.2, 0.25) is 0 Å². The van der Waals surface area contributed by atoms with E-state index in [0.29, 0.717) is 24.3 Å². The van der Waals surface area contributed by atoms with Gasteiger partial charge < -0.3 is 0 Å². The molecule has 18 heavy (non-hydrogen) atoms. The van der Waals surface area contributed by atoms with Crippen molar-refractivity contribution in [1.29, 1.82) is 0 Å². The molecule has 0 saturated heterocycles. The molecule has 0 N–H and O–H groups in total. The van der Waals surface area contributed by atoms with E-state index in [2.05, 4.69) is 0 Å². The second kappa shape index (κ2) is 4.35. The van der Waals surface area contributed by atoms with Crippen molar-refractivity contribution in [2.75, 3.05) is 4.90 Å². The van der Waals surface area contributed by atoms with Gasteiger partial charge in [-0.15, -0.1) is 26.3 Å². The molecule has 0 saturated carbocycles. The SMILES string of the molecule is O=[N+]([O-])c1ccc(N(C(F)(F)F)C(F)(F)F)cc1. The molecule has 0 amide bonds. The molecular weight excluding hydrogens is 270 g/mol. The molecule has 1 aromatic carbocycles. The number of nitro groups is 1. The summed E-state index contributed by atoms with van der Waals surface area (Å²) >= 11 is 0. The summed E-state index contributed by atoms with van der Waals surface area (Å²) in [5, 5.41) is 10.2. The van der Waals surface area contributed by atoms with Crippen molar-refractivity contribution in [3.63, 3.8) is 0 Å². The van der Waals surface area contributed by atoms with Gasteiger partial charge in [-0.2, -0.15) is 4.90 Å². The topological polar surface area (TPSA) is 46.4 Å². The molecule has 0 heterocycles. The van der Waals surface area contributed by atoms with Crippen LogP contribution in [0, 0.1) is 10.1 Å². The van der Waals surface area contributed by atoms with E-state index in [4.69, 9.17) is 0 Å². The number of hydrogen-bond donors (Lipinski definition) is 0. The number of hydrogen-bond acceptors (Lipinski definition) is 3. The minimum absolute atomic E-state index is 0.374. The van der Waals surface area contributed by atoms with E-state index < -0.39 is 33.8 Å². The van der Waals surface area contributed by atoms with Crippen molar-refractivity contribution >= 4 is 11.4 Å². The predicted molar refractivity (Wildman–Crippen MR) is 47.7 cm³/mol. The molecule has 0 atom stereocenters. The minimum atomic E-state index is -5.67. The van der Waals surface area contributed by atoms with E-state index in [-0.39, 0.29) is 0 Å². The van der Waals surface area contributed by atoms with Gasteiger partial charge in [0.2, 0.25) is 0 Å². The van der Waals surface area contributed by atoms with Gasteiger partial charge in [-0.1, -0.05) is 0 Å². The van der Waals surface area contributed by atoms with Crippen LogP contribution in [0.15, 0.2) is 24.3 Å². The molecule has 0 radical (unpaired) electrons. The molecule has 0 aliphatic heterocycles. The second-order valence-electron chi connectivity index (χ2n) is 3.04. The molecule has 0 bridgehead atoms. The normalized spacial score (nSPS) is 12.3. The smallest absolute Gasteiger partial charge is 0.258 e. The van der Waals surface area contributed by atoms with Crippen LogP contribution in [-0.4, -0.2) is 17.5 Å². The number of nitrogens with zero attached hydrogens (tertiary/aromatic N) is 2. The second-order valence-corrected chi connectivity index (χ2v) is 3.04. The summed E-state index contributed by atoms with van der Waals surface area (Å²) in [4.78, 5) is 7.56.